The fourth-order valence-electron chi connectivity index (χ4n) is 3.48. The normalized spacial score (nSPS) is 13.4. The zero-order chi connectivity index (χ0) is 25.8. The Bertz CT molecular complexity index is 1350. The Hall–Kier alpha value is -2.16. The number of aromatic nitrogens is 1. The number of halogens is 3. The lowest BCUT2D eigenvalue weighted by molar-refractivity contribution is 0.300. The van der Waals surface area contributed by atoms with Gasteiger partial charge in [-0.05, 0) is 55.6 Å². The largest absolute Gasteiger partial charge is 0.396 e. The number of aliphatic hydroxyl groups excluding tert-OH is 1. The zero-order valence-corrected chi connectivity index (χ0v) is 22.4. The molecule has 1 heterocycles. The number of aliphatic hydroxyl groups is 1. The lowest BCUT2D eigenvalue weighted by atomic mass is 10.2. The first-order valence-corrected chi connectivity index (χ1v) is 14.2. The first-order valence-electron chi connectivity index (χ1n) is 10.5. The third kappa shape index (κ3) is 5.98. The van der Waals surface area contributed by atoms with Crippen molar-refractivity contribution in [3.8, 4) is 0 Å². The fourth-order valence-corrected chi connectivity index (χ4v) is 7.46. The summed E-state index contributed by atoms with van der Waals surface area (Å²) in [4.78, 5) is 5.22. The summed E-state index contributed by atoms with van der Waals surface area (Å²) in [5.74, 6) is -0.0666. The minimum Gasteiger partial charge on any atom is -0.396 e. The second kappa shape index (κ2) is 11.7. The zero-order valence-electron chi connectivity index (χ0n) is 19.0. The van der Waals surface area contributed by atoms with Gasteiger partial charge in [0.1, 0.15) is 22.7 Å². The molecular weight excluding hydrogens is 533 g/mol. The molecule has 2 unspecified atom stereocenters. The Labute approximate surface area is 214 Å². The van der Waals surface area contributed by atoms with Crippen molar-refractivity contribution in [2.24, 2.45) is 0 Å². The molecule has 5 nitrogen and oxygen atoms in total. The highest BCUT2D eigenvalue weighted by atomic mass is 35.5. The molecule has 2 aromatic carbocycles. The molecule has 3 rings (SSSR count). The van der Waals surface area contributed by atoms with E-state index >= 15 is 4.39 Å². The molecule has 0 aliphatic carbocycles. The van der Waals surface area contributed by atoms with Gasteiger partial charge < -0.3 is 5.11 Å². The summed E-state index contributed by atoms with van der Waals surface area (Å²) in [7, 11) is -4.45. The van der Waals surface area contributed by atoms with Crippen LogP contribution in [0, 0.1) is 18.6 Å². The Morgan fingerprint density at radius 2 is 1.97 bits per heavy atom. The number of sulfonamides is 1. The number of allylic oxidation sites excluding steroid dienone is 1. The number of benzene rings is 2. The first-order chi connectivity index (χ1) is 16.6. The molecule has 0 aliphatic rings. The maximum atomic E-state index is 15.2. The van der Waals surface area contributed by atoms with E-state index < -0.39 is 33.4 Å². The summed E-state index contributed by atoms with van der Waals surface area (Å²) in [6.07, 6.45) is 2.07. The van der Waals surface area contributed by atoms with Gasteiger partial charge >= 0.3 is 0 Å². The number of hydrogen-bond donors (Lipinski definition) is 1. The molecule has 0 saturated carbocycles. The summed E-state index contributed by atoms with van der Waals surface area (Å²) in [6.45, 7) is 7.16. The van der Waals surface area contributed by atoms with Crippen LogP contribution in [0.15, 0.2) is 71.1 Å². The maximum Gasteiger partial charge on any atom is 0.265 e. The predicted octanol–water partition coefficient (Wildman–Crippen LogP) is 6.58. The topological polar surface area (TPSA) is 70.5 Å². The van der Waals surface area contributed by atoms with Gasteiger partial charge in [-0.25, -0.2) is 26.5 Å². The smallest absolute Gasteiger partial charge is 0.265 e. The van der Waals surface area contributed by atoms with Crippen molar-refractivity contribution < 1.29 is 22.3 Å². The lowest BCUT2D eigenvalue weighted by Gasteiger charge is -2.33. The quantitative estimate of drug-likeness (QED) is 0.286. The van der Waals surface area contributed by atoms with Gasteiger partial charge in [0.05, 0.1) is 16.3 Å². The van der Waals surface area contributed by atoms with Gasteiger partial charge in [-0.2, -0.15) is 0 Å². The monoisotopic (exact) mass is 556 g/mol. The number of anilines is 1. The highest BCUT2D eigenvalue weighted by molar-refractivity contribution is 7.92. The second-order valence-corrected chi connectivity index (χ2v) is 12.0. The summed E-state index contributed by atoms with van der Waals surface area (Å²) >= 11 is 7.18. The van der Waals surface area contributed by atoms with E-state index in [1.165, 1.54) is 35.6 Å². The molecule has 11 heteroatoms. The van der Waals surface area contributed by atoms with Gasteiger partial charge in [0.2, 0.25) is 0 Å². The van der Waals surface area contributed by atoms with Crippen LogP contribution in [0.25, 0.3) is 0 Å². The van der Waals surface area contributed by atoms with E-state index in [9.17, 15) is 17.9 Å². The van der Waals surface area contributed by atoms with Crippen molar-refractivity contribution in [2.45, 2.75) is 31.2 Å². The van der Waals surface area contributed by atoms with E-state index in [0.717, 1.165) is 27.4 Å². The van der Waals surface area contributed by atoms with Crippen LogP contribution in [0.2, 0.25) is 5.02 Å². The van der Waals surface area contributed by atoms with Crippen LogP contribution in [-0.2, 0) is 16.4 Å². The fraction of sp³-hybridized carbons (Fsp3) is 0.208. The second-order valence-electron chi connectivity index (χ2n) is 7.38. The van der Waals surface area contributed by atoms with Crippen LogP contribution in [0.1, 0.15) is 28.5 Å². The van der Waals surface area contributed by atoms with Gasteiger partial charge in [-0.3, -0.25) is 0 Å². The van der Waals surface area contributed by atoms with E-state index in [4.69, 9.17) is 11.6 Å². The van der Waals surface area contributed by atoms with Gasteiger partial charge in [-0.1, -0.05) is 38.7 Å². The molecule has 0 spiro atoms. The maximum absolute atomic E-state index is 15.2. The molecule has 1 N–H and O–H groups in total. The van der Waals surface area contributed by atoms with Crippen molar-refractivity contribution in [3.05, 3.63) is 98.5 Å². The minimum absolute atomic E-state index is 0.0158. The van der Waals surface area contributed by atoms with Crippen molar-refractivity contribution >= 4 is 47.2 Å². The molecule has 35 heavy (non-hydrogen) atoms. The van der Waals surface area contributed by atoms with Crippen LogP contribution in [0.5, 0.6) is 0 Å². The van der Waals surface area contributed by atoms with Gasteiger partial charge in [0.25, 0.3) is 10.0 Å². The molecule has 1 aromatic heterocycles. The van der Waals surface area contributed by atoms with Crippen LogP contribution in [-0.4, -0.2) is 25.1 Å². The van der Waals surface area contributed by atoms with Gasteiger partial charge in [-0.15, -0.1) is 11.3 Å². The van der Waals surface area contributed by atoms with Gasteiger partial charge in [0.15, 0.2) is 0 Å². The Balaban J connectivity index is 2.37. The molecule has 0 amide bonds. The summed E-state index contributed by atoms with van der Waals surface area (Å²) in [5.41, 5.74) is 0.180. The molecule has 0 aliphatic heterocycles. The third-order valence-electron chi connectivity index (χ3n) is 5.11. The van der Waals surface area contributed by atoms with E-state index in [1.807, 2.05) is 0 Å². The van der Waals surface area contributed by atoms with E-state index in [2.05, 4.69) is 11.6 Å². The number of thiazole rings is 1. The summed E-state index contributed by atoms with van der Waals surface area (Å²) in [5, 5.41) is 10.7. The number of nitrogens with zero attached hydrogens (tertiary/aromatic N) is 2. The van der Waals surface area contributed by atoms with Crippen molar-refractivity contribution in [1.82, 2.24) is 4.98 Å². The lowest BCUT2D eigenvalue weighted by Crippen LogP contribution is -2.36. The number of aryl methyl sites for hydroxylation is 1. The molecule has 0 radical (unpaired) electrons. The minimum atomic E-state index is -4.43. The van der Waals surface area contributed by atoms with Crippen LogP contribution in [0.3, 0.4) is 0 Å². The van der Waals surface area contributed by atoms with Crippen molar-refractivity contribution in [2.75, 3.05) is 10.9 Å². The van der Waals surface area contributed by atoms with Crippen molar-refractivity contribution in [1.29, 1.82) is 0 Å². The molecule has 2 atom stereocenters. The highest BCUT2D eigenvalue weighted by Gasteiger charge is 2.38. The van der Waals surface area contributed by atoms with Gasteiger partial charge in [0, 0.05) is 29.0 Å². The number of rotatable bonds is 10. The predicted molar refractivity (Wildman–Crippen MR) is 140 cm³/mol. The average Bonchev–Trinajstić information content (AvgIpc) is 3.18. The molecule has 0 fully saturated rings. The van der Waals surface area contributed by atoms with E-state index in [1.54, 1.807) is 25.7 Å². The van der Waals surface area contributed by atoms with Crippen LogP contribution in [0.4, 0.5) is 14.5 Å². The molecule has 0 saturated heterocycles. The average molecular weight is 557 g/mol. The molecular formula is C24H24ClF2N2O3PS2. The summed E-state index contributed by atoms with van der Waals surface area (Å²) in [6, 6.07) is 7.05. The SMILES string of the molecule is C=CP/C(=C\C)C(c1nc(C)c(CCO)s1)N(c1cc(F)ccc1F)S(=O)(=O)c1ccc(Cl)cc1. The van der Waals surface area contributed by atoms with E-state index in [-0.39, 0.29) is 20.1 Å². The molecule has 0 bridgehead atoms. The third-order valence-corrected chi connectivity index (χ3v) is 9.52. The van der Waals surface area contributed by atoms with Crippen molar-refractivity contribution in [3.63, 3.8) is 0 Å². The highest BCUT2D eigenvalue weighted by Crippen LogP contribution is 2.46. The standard InChI is InChI=1S/C24H24ClF2N2O3PS2/c1-4-21(33-5-2)23(24-28-15(3)22(34-24)12-13-30)29(20-14-17(26)8-11-19(20)27)35(31,32)18-9-6-16(25)7-10-18/h4-11,14,23,30,33H,2,12-13H2,1,3H3/b21-4-. The molecule has 3 aromatic rings. The Morgan fingerprint density at radius 1 is 1.29 bits per heavy atom. The van der Waals surface area contributed by atoms with Crippen LogP contribution < -0.4 is 4.31 Å². The Morgan fingerprint density at radius 3 is 2.57 bits per heavy atom. The first kappa shape index (κ1) is 27.4. The summed E-state index contributed by atoms with van der Waals surface area (Å²) < 4.78 is 58.5. The van der Waals surface area contributed by atoms with E-state index in [0.29, 0.717) is 27.5 Å². The number of hydrogen-bond acceptors (Lipinski definition) is 5. The molecule has 186 valence electrons. The Kier molecular flexibility index (Phi) is 9.18. The van der Waals surface area contributed by atoms with Crippen LogP contribution >= 0.6 is 31.5 Å².